The van der Waals surface area contributed by atoms with Crippen LogP contribution in [0.25, 0.3) is 0 Å². The van der Waals surface area contributed by atoms with E-state index >= 15 is 0 Å². The number of anilines is 2. The zero-order valence-corrected chi connectivity index (χ0v) is 23.8. The molecule has 0 fully saturated rings. The normalized spacial score (nSPS) is 13.5. The van der Waals surface area contributed by atoms with Crippen molar-refractivity contribution in [3.05, 3.63) is 76.8 Å². The fourth-order valence-corrected chi connectivity index (χ4v) is 6.79. The fraction of sp³-hybridized carbons (Fsp3) is 0.269. The second-order valence-electron chi connectivity index (χ2n) is 9.02. The van der Waals surface area contributed by atoms with E-state index in [9.17, 15) is 21.6 Å². The number of halogens is 1. The predicted molar refractivity (Wildman–Crippen MR) is 147 cm³/mol. The number of carbonyl (C=O) groups excluding carboxylic acids is 1. The van der Waals surface area contributed by atoms with Crippen molar-refractivity contribution in [1.29, 1.82) is 0 Å². The summed E-state index contributed by atoms with van der Waals surface area (Å²) in [4.78, 5) is 15.2. The number of ether oxygens (including phenoxy) is 1. The predicted octanol–water partition coefficient (Wildman–Crippen LogP) is 3.69. The zero-order valence-electron chi connectivity index (χ0n) is 21.4. The minimum absolute atomic E-state index is 0.0307. The largest absolute Gasteiger partial charge is 0.495 e. The molecular formula is C26H28ClN3O6S2. The lowest BCUT2D eigenvalue weighted by Gasteiger charge is -2.27. The van der Waals surface area contributed by atoms with Gasteiger partial charge in [-0.2, -0.15) is 0 Å². The molecule has 0 aliphatic carbocycles. The number of hydrogen-bond donors (Lipinski definition) is 0. The van der Waals surface area contributed by atoms with Crippen LogP contribution < -0.4 is 13.9 Å². The summed E-state index contributed by atoms with van der Waals surface area (Å²) in [6.07, 6.45) is 0.441. The highest BCUT2D eigenvalue weighted by Gasteiger charge is 2.33. The number of amides is 1. The molecule has 38 heavy (non-hydrogen) atoms. The summed E-state index contributed by atoms with van der Waals surface area (Å²) in [6.45, 7) is 1.65. The van der Waals surface area contributed by atoms with Gasteiger partial charge in [0, 0.05) is 26.3 Å². The SMILES string of the molecule is COc1ccc(N(CC(=O)N2CCc3cc(S(=O)(=O)N(C)C)ccc32)S(=O)(=O)c2ccc(C)cc2)cc1Cl. The van der Waals surface area contributed by atoms with Crippen LogP contribution in [0.5, 0.6) is 5.75 Å². The van der Waals surface area contributed by atoms with Crippen molar-refractivity contribution in [3.8, 4) is 5.75 Å². The molecule has 0 spiro atoms. The Morgan fingerprint density at radius 1 is 0.947 bits per heavy atom. The number of fused-ring (bicyclic) bond motifs is 1. The van der Waals surface area contributed by atoms with Crippen LogP contribution in [0.4, 0.5) is 11.4 Å². The van der Waals surface area contributed by atoms with Crippen LogP contribution in [0.1, 0.15) is 11.1 Å². The Hall–Kier alpha value is -3.12. The second kappa shape index (κ2) is 10.6. The molecule has 0 N–H and O–H groups in total. The Balaban J connectivity index is 1.70. The Labute approximate surface area is 228 Å². The van der Waals surface area contributed by atoms with Crippen LogP contribution in [-0.2, 0) is 31.3 Å². The maximum Gasteiger partial charge on any atom is 0.264 e. The van der Waals surface area contributed by atoms with Crippen LogP contribution >= 0.6 is 11.6 Å². The first-order valence-electron chi connectivity index (χ1n) is 11.6. The third kappa shape index (κ3) is 5.24. The smallest absolute Gasteiger partial charge is 0.264 e. The number of sulfonamides is 2. The molecule has 1 aliphatic rings. The molecule has 3 aromatic carbocycles. The highest BCUT2D eigenvalue weighted by molar-refractivity contribution is 7.92. The molecule has 4 rings (SSSR count). The molecule has 12 heteroatoms. The van der Waals surface area contributed by atoms with E-state index in [1.807, 2.05) is 6.92 Å². The van der Waals surface area contributed by atoms with Crippen molar-refractivity contribution < 1.29 is 26.4 Å². The van der Waals surface area contributed by atoms with E-state index in [0.717, 1.165) is 14.2 Å². The molecule has 0 saturated heterocycles. The highest BCUT2D eigenvalue weighted by atomic mass is 35.5. The summed E-state index contributed by atoms with van der Waals surface area (Å²) in [5.74, 6) is -0.0963. The Bertz CT molecular complexity index is 1590. The van der Waals surface area contributed by atoms with Gasteiger partial charge in [0.05, 0.1) is 27.6 Å². The van der Waals surface area contributed by atoms with Crippen LogP contribution in [0.2, 0.25) is 5.02 Å². The van der Waals surface area contributed by atoms with Gasteiger partial charge in [-0.25, -0.2) is 21.1 Å². The molecule has 0 atom stereocenters. The third-order valence-electron chi connectivity index (χ3n) is 6.34. The van der Waals surface area contributed by atoms with Crippen molar-refractivity contribution in [3.63, 3.8) is 0 Å². The van der Waals surface area contributed by atoms with Gasteiger partial charge in [-0.05, 0) is 67.4 Å². The first-order valence-corrected chi connectivity index (χ1v) is 14.9. The van der Waals surface area contributed by atoms with Crippen molar-refractivity contribution in [1.82, 2.24) is 4.31 Å². The van der Waals surface area contributed by atoms with E-state index in [1.165, 1.54) is 62.5 Å². The van der Waals surface area contributed by atoms with Gasteiger partial charge in [0.15, 0.2) is 0 Å². The van der Waals surface area contributed by atoms with Gasteiger partial charge < -0.3 is 9.64 Å². The van der Waals surface area contributed by atoms with Crippen molar-refractivity contribution in [2.24, 2.45) is 0 Å². The summed E-state index contributed by atoms with van der Waals surface area (Å²) in [5.41, 5.74) is 2.34. The van der Waals surface area contributed by atoms with E-state index in [4.69, 9.17) is 16.3 Å². The molecular weight excluding hydrogens is 550 g/mol. The number of aryl methyl sites for hydroxylation is 1. The van der Waals surface area contributed by atoms with E-state index in [0.29, 0.717) is 30.0 Å². The minimum atomic E-state index is -4.14. The zero-order chi connectivity index (χ0) is 27.8. The van der Waals surface area contributed by atoms with E-state index < -0.39 is 32.5 Å². The molecule has 3 aromatic rings. The summed E-state index contributed by atoms with van der Waals surface area (Å²) >= 11 is 6.30. The van der Waals surface area contributed by atoms with Crippen LogP contribution in [-0.4, -0.2) is 61.3 Å². The summed E-state index contributed by atoms with van der Waals surface area (Å²) in [7, 11) is -3.43. The molecule has 202 valence electrons. The summed E-state index contributed by atoms with van der Waals surface area (Å²) in [6, 6.07) is 15.4. The van der Waals surface area contributed by atoms with Crippen molar-refractivity contribution >= 4 is 48.9 Å². The van der Waals surface area contributed by atoms with Crippen LogP contribution in [0.3, 0.4) is 0 Å². The second-order valence-corrected chi connectivity index (χ2v) is 13.4. The molecule has 0 aromatic heterocycles. The summed E-state index contributed by atoms with van der Waals surface area (Å²) in [5, 5.41) is 0.197. The average Bonchev–Trinajstić information content (AvgIpc) is 3.30. The van der Waals surface area contributed by atoms with Gasteiger partial charge in [-0.3, -0.25) is 9.10 Å². The standard InChI is InChI=1S/C26H28ClN3O6S2/c1-18-5-8-21(9-6-18)38(34,35)30(20-7-12-25(36-4)23(27)16-20)17-26(31)29-14-13-19-15-22(10-11-24(19)29)37(32,33)28(2)3/h5-12,15-16H,13-14,17H2,1-4H3. The first-order chi connectivity index (χ1) is 17.9. The number of rotatable bonds is 8. The van der Waals surface area contributed by atoms with Crippen LogP contribution in [0, 0.1) is 6.92 Å². The van der Waals surface area contributed by atoms with Gasteiger partial charge in [0.25, 0.3) is 10.0 Å². The molecule has 0 unspecified atom stereocenters. The quantitative estimate of drug-likeness (QED) is 0.404. The molecule has 1 aliphatic heterocycles. The first kappa shape index (κ1) is 27.9. The Morgan fingerprint density at radius 2 is 1.61 bits per heavy atom. The molecule has 1 heterocycles. The average molecular weight is 578 g/mol. The third-order valence-corrected chi connectivity index (χ3v) is 10.2. The summed E-state index contributed by atoms with van der Waals surface area (Å²) < 4.78 is 59.9. The Kier molecular flexibility index (Phi) is 7.76. The molecule has 0 saturated carbocycles. The molecule has 0 radical (unpaired) electrons. The highest BCUT2D eigenvalue weighted by Crippen LogP contribution is 2.34. The number of hydrogen-bond acceptors (Lipinski definition) is 6. The lowest BCUT2D eigenvalue weighted by molar-refractivity contribution is -0.117. The maximum atomic E-state index is 13.7. The van der Waals surface area contributed by atoms with Gasteiger partial charge >= 0.3 is 0 Å². The van der Waals surface area contributed by atoms with Gasteiger partial charge in [-0.1, -0.05) is 29.3 Å². The Morgan fingerprint density at radius 3 is 2.21 bits per heavy atom. The lowest BCUT2D eigenvalue weighted by Crippen LogP contribution is -2.42. The van der Waals surface area contributed by atoms with Gasteiger partial charge in [0.1, 0.15) is 12.3 Å². The molecule has 9 nitrogen and oxygen atoms in total. The molecule has 1 amide bonds. The topological polar surface area (TPSA) is 104 Å². The van der Waals surface area contributed by atoms with Crippen molar-refractivity contribution in [2.45, 2.75) is 23.1 Å². The minimum Gasteiger partial charge on any atom is -0.495 e. The molecule has 0 bridgehead atoms. The number of benzene rings is 3. The van der Waals surface area contributed by atoms with Crippen LogP contribution in [0.15, 0.2) is 70.5 Å². The van der Waals surface area contributed by atoms with E-state index in [2.05, 4.69) is 0 Å². The van der Waals surface area contributed by atoms with Crippen molar-refractivity contribution in [2.75, 3.05) is 43.5 Å². The van der Waals surface area contributed by atoms with E-state index in [-0.39, 0.29) is 20.5 Å². The maximum absolute atomic E-state index is 13.7. The number of methoxy groups -OCH3 is 1. The van der Waals surface area contributed by atoms with E-state index in [1.54, 1.807) is 24.3 Å². The number of nitrogens with zero attached hydrogens (tertiary/aromatic N) is 3. The van der Waals surface area contributed by atoms with Gasteiger partial charge in [0.2, 0.25) is 15.9 Å². The monoisotopic (exact) mass is 577 g/mol. The fourth-order valence-electron chi connectivity index (χ4n) is 4.18. The number of carbonyl (C=O) groups is 1. The lowest BCUT2D eigenvalue weighted by atomic mass is 10.2. The van der Waals surface area contributed by atoms with Gasteiger partial charge in [-0.15, -0.1) is 0 Å².